The summed E-state index contributed by atoms with van der Waals surface area (Å²) in [4.78, 5) is 39.5. The number of fused-ring (bicyclic) bond motifs is 8. The highest BCUT2D eigenvalue weighted by Crippen LogP contribution is 2.52. The number of hydrogen-bond donors (Lipinski definition) is 1. The maximum absolute atomic E-state index is 12.8. The molecule has 2 aliphatic carbocycles. The zero-order valence-electron chi connectivity index (χ0n) is 17.2. The highest BCUT2D eigenvalue weighted by molar-refractivity contribution is 6.11. The van der Waals surface area contributed by atoms with E-state index >= 15 is 0 Å². The Balaban J connectivity index is 1.24. The molecule has 2 heterocycles. The van der Waals surface area contributed by atoms with Crippen LogP contribution in [0.3, 0.4) is 0 Å². The van der Waals surface area contributed by atoms with Crippen LogP contribution in [-0.2, 0) is 20.9 Å². The Kier molecular flexibility index (Phi) is 3.88. The third-order valence-corrected chi connectivity index (χ3v) is 7.24. The average Bonchev–Trinajstić information content (AvgIpc) is 3.52. The van der Waals surface area contributed by atoms with E-state index in [1.807, 2.05) is 30.3 Å². The molecule has 0 unspecified atom stereocenters. The number of hydrogen-bond acceptors (Lipinski definition) is 3. The molecule has 156 valence electrons. The Bertz CT molecular complexity index is 1270. The van der Waals surface area contributed by atoms with Gasteiger partial charge in [-0.1, -0.05) is 30.4 Å². The van der Waals surface area contributed by atoms with Crippen molar-refractivity contribution in [1.82, 2.24) is 9.47 Å². The van der Waals surface area contributed by atoms with E-state index in [9.17, 15) is 14.4 Å². The van der Waals surface area contributed by atoms with Crippen molar-refractivity contribution in [1.29, 1.82) is 0 Å². The van der Waals surface area contributed by atoms with E-state index in [2.05, 4.69) is 41.1 Å². The number of para-hydroxylation sites is 1. The first-order valence-electron chi connectivity index (χ1n) is 10.9. The number of allylic oxidation sites excluding steroid dienone is 2. The lowest BCUT2D eigenvalue weighted by Gasteiger charge is -2.17. The second kappa shape index (κ2) is 6.54. The van der Waals surface area contributed by atoms with Gasteiger partial charge in [-0.15, -0.1) is 0 Å². The van der Waals surface area contributed by atoms with Gasteiger partial charge in [0.1, 0.15) is 6.54 Å². The average molecular weight is 413 g/mol. The minimum absolute atomic E-state index is 0.151. The highest BCUT2D eigenvalue weighted by atomic mass is 16.2. The van der Waals surface area contributed by atoms with Crippen molar-refractivity contribution in [2.45, 2.75) is 19.9 Å². The molecule has 2 bridgehead atoms. The first-order valence-corrected chi connectivity index (χ1v) is 10.9. The number of likely N-dealkylation sites (tertiary alicyclic amines) is 1. The van der Waals surface area contributed by atoms with Crippen molar-refractivity contribution in [3.63, 3.8) is 0 Å². The predicted molar refractivity (Wildman–Crippen MR) is 118 cm³/mol. The van der Waals surface area contributed by atoms with Crippen molar-refractivity contribution in [3.8, 4) is 0 Å². The summed E-state index contributed by atoms with van der Waals surface area (Å²) in [5, 5.41) is 5.09. The third-order valence-electron chi connectivity index (χ3n) is 7.24. The Hall–Kier alpha value is -3.41. The van der Waals surface area contributed by atoms with Gasteiger partial charge in [0.2, 0.25) is 17.7 Å². The van der Waals surface area contributed by atoms with E-state index in [0.717, 1.165) is 39.7 Å². The Morgan fingerprint density at radius 3 is 2.35 bits per heavy atom. The number of aryl methyl sites for hydroxylation is 1. The largest absolute Gasteiger partial charge is 0.341 e. The molecule has 4 atom stereocenters. The summed E-state index contributed by atoms with van der Waals surface area (Å²) in [6, 6.07) is 14.1. The summed E-state index contributed by atoms with van der Waals surface area (Å²) in [6.07, 6.45) is 5.00. The van der Waals surface area contributed by atoms with E-state index in [1.54, 1.807) is 0 Å². The van der Waals surface area contributed by atoms with E-state index < -0.39 is 0 Å². The fraction of sp³-hybridized carbons (Fsp3) is 0.320. The molecule has 1 aliphatic heterocycles. The molecule has 6 nitrogen and oxygen atoms in total. The maximum Gasteiger partial charge on any atom is 0.244 e. The molecular formula is C25H23N3O3. The molecule has 0 radical (unpaired) electrons. The molecule has 3 amide bonds. The number of anilines is 1. The van der Waals surface area contributed by atoms with Gasteiger partial charge in [-0.2, -0.15) is 0 Å². The zero-order valence-corrected chi connectivity index (χ0v) is 17.2. The van der Waals surface area contributed by atoms with Crippen LogP contribution < -0.4 is 5.32 Å². The van der Waals surface area contributed by atoms with E-state index in [1.165, 1.54) is 0 Å². The number of rotatable bonds is 4. The molecule has 2 aromatic carbocycles. The second-order valence-electron chi connectivity index (χ2n) is 8.80. The number of nitrogens with one attached hydrogen (secondary N) is 1. The number of nitrogens with zero attached hydrogens (tertiary/aromatic N) is 2. The third kappa shape index (κ3) is 2.54. The second-order valence-corrected chi connectivity index (χ2v) is 8.80. The normalized spacial score (nSPS) is 26.4. The van der Waals surface area contributed by atoms with Gasteiger partial charge < -0.3 is 9.88 Å². The monoisotopic (exact) mass is 413 g/mol. The van der Waals surface area contributed by atoms with Gasteiger partial charge in [-0.3, -0.25) is 19.3 Å². The first-order chi connectivity index (χ1) is 15.1. The summed E-state index contributed by atoms with van der Waals surface area (Å²) < 4.78 is 2.25. The van der Waals surface area contributed by atoms with Crippen LogP contribution in [0.15, 0.2) is 54.6 Å². The molecule has 6 heteroatoms. The molecule has 1 N–H and O–H groups in total. The summed E-state index contributed by atoms with van der Waals surface area (Å²) >= 11 is 0. The van der Waals surface area contributed by atoms with Gasteiger partial charge in [0, 0.05) is 34.0 Å². The standard InChI is InChI=1S/C25H23N3O3/c1-2-27-19-6-4-3-5-17(19)18-12-16(9-10-20(18)27)26-21(29)13-28-24(30)22-14-7-8-15(11-14)23(22)25(28)31/h3-10,12,14-15,22-23H,2,11,13H2,1H3,(H,26,29)/t14-,15+,22-,23+. The lowest BCUT2D eigenvalue weighted by molar-refractivity contribution is -0.143. The number of carbonyl (C=O) groups is 3. The molecule has 0 spiro atoms. The Morgan fingerprint density at radius 2 is 1.65 bits per heavy atom. The number of carbonyl (C=O) groups excluding carboxylic acids is 3. The summed E-state index contributed by atoms with van der Waals surface area (Å²) in [5.41, 5.74) is 2.94. The molecule has 6 rings (SSSR count). The lowest BCUT2D eigenvalue weighted by Crippen LogP contribution is -2.39. The van der Waals surface area contributed by atoms with Gasteiger partial charge in [-0.05, 0) is 49.4 Å². The summed E-state index contributed by atoms with van der Waals surface area (Å²) in [5.74, 6) is -0.971. The highest BCUT2D eigenvalue weighted by Gasteiger charge is 2.59. The van der Waals surface area contributed by atoms with Crippen LogP contribution in [-0.4, -0.2) is 33.7 Å². The van der Waals surface area contributed by atoms with Crippen molar-refractivity contribution >= 4 is 45.2 Å². The van der Waals surface area contributed by atoms with E-state index in [-0.39, 0.29) is 47.9 Å². The van der Waals surface area contributed by atoms with Crippen molar-refractivity contribution in [3.05, 3.63) is 54.6 Å². The summed E-state index contributed by atoms with van der Waals surface area (Å²) in [6.45, 7) is 2.75. The van der Waals surface area contributed by atoms with Gasteiger partial charge >= 0.3 is 0 Å². The number of imide groups is 1. The fourth-order valence-electron chi connectivity index (χ4n) is 5.94. The van der Waals surface area contributed by atoms with Crippen LogP contribution in [0.4, 0.5) is 5.69 Å². The number of amides is 3. The van der Waals surface area contributed by atoms with Crippen molar-refractivity contribution < 1.29 is 14.4 Å². The molecular weight excluding hydrogens is 390 g/mol. The minimum atomic E-state index is -0.347. The van der Waals surface area contributed by atoms with E-state index in [0.29, 0.717) is 5.69 Å². The fourth-order valence-corrected chi connectivity index (χ4v) is 5.94. The van der Waals surface area contributed by atoms with Crippen molar-refractivity contribution in [2.75, 3.05) is 11.9 Å². The predicted octanol–water partition coefficient (Wildman–Crippen LogP) is 3.56. The smallest absolute Gasteiger partial charge is 0.244 e. The quantitative estimate of drug-likeness (QED) is 0.525. The van der Waals surface area contributed by atoms with Crippen LogP contribution in [0.1, 0.15) is 13.3 Å². The van der Waals surface area contributed by atoms with Gasteiger partial charge in [-0.25, -0.2) is 0 Å². The summed E-state index contributed by atoms with van der Waals surface area (Å²) in [7, 11) is 0. The Labute approximate surface area is 179 Å². The molecule has 2 fully saturated rings. The van der Waals surface area contributed by atoms with Crippen LogP contribution in [0.2, 0.25) is 0 Å². The minimum Gasteiger partial charge on any atom is -0.341 e. The molecule has 1 saturated heterocycles. The molecule has 3 aromatic rings. The van der Waals surface area contributed by atoms with Gasteiger partial charge in [0.05, 0.1) is 11.8 Å². The van der Waals surface area contributed by atoms with Crippen LogP contribution in [0, 0.1) is 23.7 Å². The topological polar surface area (TPSA) is 71.4 Å². The Morgan fingerprint density at radius 1 is 0.968 bits per heavy atom. The first kappa shape index (κ1) is 18.4. The molecule has 3 aliphatic rings. The van der Waals surface area contributed by atoms with Crippen LogP contribution >= 0.6 is 0 Å². The molecule has 1 saturated carbocycles. The van der Waals surface area contributed by atoms with Gasteiger partial charge in [0.15, 0.2) is 0 Å². The number of aromatic nitrogens is 1. The van der Waals surface area contributed by atoms with Crippen LogP contribution in [0.5, 0.6) is 0 Å². The van der Waals surface area contributed by atoms with Crippen molar-refractivity contribution in [2.24, 2.45) is 23.7 Å². The van der Waals surface area contributed by atoms with E-state index in [4.69, 9.17) is 0 Å². The van der Waals surface area contributed by atoms with Gasteiger partial charge in [0.25, 0.3) is 0 Å². The van der Waals surface area contributed by atoms with Crippen LogP contribution in [0.25, 0.3) is 21.8 Å². The molecule has 31 heavy (non-hydrogen) atoms. The SMILES string of the molecule is CCn1c2ccccc2c2cc(NC(=O)CN3C(=O)[C@@H]4[C@H](C3=O)[C@@H]3C=C[C@H]4C3)ccc21. The number of benzene rings is 2. The maximum atomic E-state index is 12.8. The molecule has 1 aromatic heterocycles. The lowest BCUT2D eigenvalue weighted by atomic mass is 9.85. The zero-order chi connectivity index (χ0) is 21.3.